The largest absolute Gasteiger partial charge is 0.416 e. The minimum absolute atomic E-state index is 0.0956. The van der Waals surface area contributed by atoms with Gasteiger partial charge in [-0.15, -0.1) is 0 Å². The van der Waals surface area contributed by atoms with Crippen molar-refractivity contribution >= 4 is 10.9 Å². The molecule has 0 amide bonds. The first-order valence-corrected chi connectivity index (χ1v) is 9.63. The summed E-state index contributed by atoms with van der Waals surface area (Å²) in [5.41, 5.74) is 8.01. The minimum atomic E-state index is -4.36. The van der Waals surface area contributed by atoms with Gasteiger partial charge >= 0.3 is 6.18 Å². The quantitative estimate of drug-likeness (QED) is 0.585. The number of aromatic nitrogens is 1. The monoisotopic (exact) mass is 387 g/mol. The second-order valence-corrected chi connectivity index (χ2v) is 7.62. The summed E-state index contributed by atoms with van der Waals surface area (Å²) in [5, 5.41) is 4.43. The van der Waals surface area contributed by atoms with Crippen LogP contribution < -0.4 is 11.1 Å². The Balaban J connectivity index is 1.62. The van der Waals surface area contributed by atoms with E-state index in [-0.39, 0.29) is 18.2 Å². The highest BCUT2D eigenvalue weighted by Crippen LogP contribution is 2.39. The first-order chi connectivity index (χ1) is 13.4. The molecule has 0 radical (unpaired) electrons. The number of hydrogen-bond donors (Lipinski definition) is 3. The van der Waals surface area contributed by atoms with Crippen molar-refractivity contribution in [2.75, 3.05) is 0 Å². The Morgan fingerprint density at radius 1 is 1.07 bits per heavy atom. The molecule has 1 aliphatic carbocycles. The highest BCUT2D eigenvalue weighted by Gasteiger charge is 2.40. The van der Waals surface area contributed by atoms with E-state index in [1.165, 1.54) is 12.1 Å². The molecule has 28 heavy (non-hydrogen) atoms. The Morgan fingerprint density at radius 3 is 2.64 bits per heavy atom. The van der Waals surface area contributed by atoms with Crippen molar-refractivity contribution in [1.29, 1.82) is 0 Å². The average Bonchev–Trinajstić information content (AvgIpc) is 3.12. The molecule has 4 rings (SSSR count). The number of H-pyrrole nitrogens is 1. The third-order valence-corrected chi connectivity index (χ3v) is 5.91. The van der Waals surface area contributed by atoms with Gasteiger partial charge in [0.15, 0.2) is 0 Å². The number of aromatic amines is 1. The van der Waals surface area contributed by atoms with E-state index < -0.39 is 17.3 Å². The van der Waals surface area contributed by atoms with Crippen molar-refractivity contribution in [1.82, 2.24) is 10.3 Å². The summed E-state index contributed by atoms with van der Waals surface area (Å²) in [6, 6.07) is 13.6. The van der Waals surface area contributed by atoms with Crippen LogP contribution >= 0.6 is 0 Å². The van der Waals surface area contributed by atoms with Crippen molar-refractivity contribution in [3.05, 3.63) is 71.4 Å². The molecule has 0 bridgehead atoms. The van der Waals surface area contributed by atoms with E-state index in [0.717, 1.165) is 48.2 Å². The van der Waals surface area contributed by atoms with Gasteiger partial charge in [0.1, 0.15) is 0 Å². The highest BCUT2D eigenvalue weighted by atomic mass is 19.4. The number of para-hydroxylation sites is 1. The fourth-order valence-electron chi connectivity index (χ4n) is 4.45. The van der Waals surface area contributed by atoms with Crippen LogP contribution in [0.25, 0.3) is 10.9 Å². The molecule has 1 heterocycles. The summed E-state index contributed by atoms with van der Waals surface area (Å²) < 4.78 is 39.9. The molecule has 4 N–H and O–H groups in total. The smallest absolute Gasteiger partial charge is 0.361 e. The maximum absolute atomic E-state index is 13.3. The van der Waals surface area contributed by atoms with E-state index in [1.54, 1.807) is 6.07 Å². The van der Waals surface area contributed by atoms with Crippen LogP contribution in [0.4, 0.5) is 13.2 Å². The maximum atomic E-state index is 13.3. The van der Waals surface area contributed by atoms with Crippen molar-refractivity contribution in [3.63, 3.8) is 0 Å². The van der Waals surface area contributed by atoms with Crippen LogP contribution in [-0.4, -0.2) is 11.0 Å². The third-order valence-electron chi connectivity index (χ3n) is 5.91. The number of hydrogen-bond acceptors (Lipinski definition) is 2. The Kier molecular flexibility index (Phi) is 4.93. The number of halogens is 3. The first-order valence-electron chi connectivity index (χ1n) is 9.63. The Morgan fingerprint density at radius 2 is 1.82 bits per heavy atom. The molecule has 148 valence electrons. The summed E-state index contributed by atoms with van der Waals surface area (Å²) >= 11 is 0. The van der Waals surface area contributed by atoms with Crippen LogP contribution in [0.2, 0.25) is 0 Å². The average molecular weight is 387 g/mol. The molecule has 2 unspecified atom stereocenters. The van der Waals surface area contributed by atoms with Gasteiger partial charge in [-0.2, -0.15) is 13.2 Å². The van der Waals surface area contributed by atoms with Crippen LogP contribution in [0.15, 0.2) is 54.7 Å². The molecule has 3 aromatic rings. The number of nitrogens with one attached hydrogen (secondary N) is 2. The summed E-state index contributed by atoms with van der Waals surface area (Å²) in [7, 11) is 0. The molecule has 1 saturated carbocycles. The zero-order valence-electron chi connectivity index (χ0n) is 15.5. The summed E-state index contributed by atoms with van der Waals surface area (Å²) in [4.78, 5) is 3.28. The standard InChI is InChI=1S/C22H24F3N3/c23-22(24,25)17-9-3-1-7-15(17)13-28-20-11-5-6-12-21(20,26)18-14-27-19-10-4-2-8-16(18)19/h1-4,7-10,14,20,27-28H,5-6,11-13,26H2. The lowest BCUT2D eigenvalue weighted by atomic mass is 9.73. The van der Waals surface area contributed by atoms with E-state index in [4.69, 9.17) is 5.73 Å². The van der Waals surface area contributed by atoms with Crippen LogP contribution in [0.3, 0.4) is 0 Å². The lowest BCUT2D eigenvalue weighted by molar-refractivity contribution is -0.138. The molecule has 0 saturated heterocycles. The zero-order valence-corrected chi connectivity index (χ0v) is 15.5. The summed E-state index contributed by atoms with van der Waals surface area (Å²) in [6.45, 7) is 0.141. The molecule has 0 spiro atoms. The Hall–Kier alpha value is -2.31. The second kappa shape index (κ2) is 7.26. The van der Waals surface area contributed by atoms with E-state index in [0.29, 0.717) is 0 Å². The van der Waals surface area contributed by atoms with Gasteiger partial charge in [0.05, 0.1) is 11.1 Å². The van der Waals surface area contributed by atoms with Gasteiger partial charge in [0.2, 0.25) is 0 Å². The van der Waals surface area contributed by atoms with Crippen LogP contribution in [0.1, 0.15) is 42.4 Å². The fraction of sp³-hybridized carbons (Fsp3) is 0.364. The van der Waals surface area contributed by atoms with Gasteiger partial charge < -0.3 is 16.0 Å². The lowest BCUT2D eigenvalue weighted by Gasteiger charge is -2.42. The van der Waals surface area contributed by atoms with Gasteiger partial charge in [-0.1, -0.05) is 49.2 Å². The Labute approximate surface area is 162 Å². The van der Waals surface area contributed by atoms with Crippen molar-refractivity contribution in [2.45, 2.75) is 50.0 Å². The number of alkyl halides is 3. The predicted octanol–water partition coefficient (Wildman–Crippen LogP) is 5.07. The molecule has 3 nitrogen and oxygen atoms in total. The topological polar surface area (TPSA) is 53.8 Å². The first kappa shape index (κ1) is 19.0. The van der Waals surface area contributed by atoms with Gasteiger partial charge in [-0.05, 0) is 36.1 Å². The number of fused-ring (bicyclic) bond motifs is 1. The van der Waals surface area contributed by atoms with E-state index in [9.17, 15) is 13.2 Å². The number of benzene rings is 2. The molecular weight excluding hydrogens is 363 g/mol. The van der Waals surface area contributed by atoms with E-state index >= 15 is 0 Å². The number of nitrogens with two attached hydrogens (primary N) is 1. The normalized spacial score (nSPS) is 23.2. The maximum Gasteiger partial charge on any atom is 0.416 e. The van der Waals surface area contributed by atoms with Gasteiger partial charge in [-0.25, -0.2) is 0 Å². The molecule has 1 aromatic heterocycles. The van der Waals surface area contributed by atoms with Crippen molar-refractivity contribution < 1.29 is 13.2 Å². The van der Waals surface area contributed by atoms with Gasteiger partial charge in [0.25, 0.3) is 0 Å². The lowest BCUT2D eigenvalue weighted by Crippen LogP contribution is -2.56. The van der Waals surface area contributed by atoms with Crippen LogP contribution in [0, 0.1) is 0 Å². The van der Waals surface area contributed by atoms with Crippen molar-refractivity contribution in [3.8, 4) is 0 Å². The van der Waals surface area contributed by atoms with Gasteiger partial charge in [0, 0.05) is 29.7 Å². The summed E-state index contributed by atoms with van der Waals surface area (Å²) in [5.74, 6) is 0. The van der Waals surface area contributed by atoms with Gasteiger partial charge in [-0.3, -0.25) is 0 Å². The molecule has 2 atom stereocenters. The molecule has 0 aliphatic heterocycles. The summed E-state index contributed by atoms with van der Waals surface area (Å²) in [6.07, 6.45) is 1.25. The molecule has 1 aliphatic rings. The molecule has 2 aromatic carbocycles. The Bertz CT molecular complexity index is 963. The fourth-order valence-corrected chi connectivity index (χ4v) is 4.45. The molecule has 6 heteroatoms. The SMILES string of the molecule is NC1(c2c[nH]c3ccccc23)CCCCC1NCc1ccccc1C(F)(F)F. The van der Waals surface area contributed by atoms with Crippen molar-refractivity contribution in [2.24, 2.45) is 5.73 Å². The number of rotatable bonds is 4. The van der Waals surface area contributed by atoms with Crippen LogP contribution in [-0.2, 0) is 18.3 Å². The second-order valence-electron chi connectivity index (χ2n) is 7.62. The third kappa shape index (κ3) is 3.42. The molecule has 1 fully saturated rings. The van der Waals surface area contributed by atoms with E-state index in [2.05, 4.69) is 10.3 Å². The van der Waals surface area contributed by atoms with Crippen LogP contribution in [0.5, 0.6) is 0 Å². The van der Waals surface area contributed by atoms with E-state index in [1.807, 2.05) is 30.5 Å². The predicted molar refractivity (Wildman–Crippen MR) is 105 cm³/mol. The molecular formula is C22H24F3N3. The highest BCUT2D eigenvalue weighted by molar-refractivity contribution is 5.84. The zero-order chi connectivity index (χ0) is 19.8. The minimum Gasteiger partial charge on any atom is -0.361 e.